The van der Waals surface area contributed by atoms with Crippen molar-refractivity contribution in [2.45, 2.75) is 25.8 Å². The van der Waals surface area contributed by atoms with Crippen LogP contribution in [-0.4, -0.2) is 17.0 Å². The zero-order valence-corrected chi connectivity index (χ0v) is 11.0. The summed E-state index contributed by atoms with van der Waals surface area (Å²) >= 11 is 0. The van der Waals surface area contributed by atoms with E-state index in [9.17, 15) is 0 Å². The molecule has 0 bridgehead atoms. The van der Waals surface area contributed by atoms with Crippen molar-refractivity contribution >= 4 is 11.0 Å². The van der Waals surface area contributed by atoms with E-state index in [2.05, 4.69) is 40.9 Å². The second kappa shape index (κ2) is 5.74. The maximum Gasteiger partial charge on any atom is 0.0890 e. The highest BCUT2D eigenvalue weighted by atomic mass is 14.9. The van der Waals surface area contributed by atoms with Crippen LogP contribution in [-0.2, 0) is 0 Å². The van der Waals surface area contributed by atoms with Gasteiger partial charge in [-0.25, -0.2) is 0 Å². The topological polar surface area (TPSA) is 37.8 Å². The molecule has 94 valence electrons. The summed E-state index contributed by atoms with van der Waals surface area (Å²) in [6, 6.07) is 6.54. The monoisotopic (exact) mass is 241 g/mol. The molecule has 0 radical (unpaired) electrons. The van der Waals surface area contributed by atoms with Crippen LogP contribution in [0.5, 0.6) is 0 Å². The van der Waals surface area contributed by atoms with Gasteiger partial charge in [-0.15, -0.1) is 0 Å². The summed E-state index contributed by atoms with van der Waals surface area (Å²) in [5.74, 6) is 0. The summed E-state index contributed by atoms with van der Waals surface area (Å²) in [5, 5.41) is 3.34. The SMILES string of the molecule is C=C(CC)CC(NC)c1ccc2nccnc2c1. The standard InChI is InChI=1S/C15H19N3/c1-4-11(2)9-14(16-3)12-5-6-13-15(10-12)18-8-7-17-13/h5-8,10,14,16H,2,4,9H2,1,3H3. The van der Waals surface area contributed by atoms with Gasteiger partial charge in [0.2, 0.25) is 0 Å². The third kappa shape index (κ3) is 2.74. The quantitative estimate of drug-likeness (QED) is 0.817. The van der Waals surface area contributed by atoms with E-state index in [0.717, 1.165) is 23.9 Å². The number of nitrogens with one attached hydrogen (secondary N) is 1. The number of rotatable bonds is 5. The summed E-state index contributed by atoms with van der Waals surface area (Å²) in [6.45, 7) is 6.22. The minimum Gasteiger partial charge on any atom is -0.313 e. The summed E-state index contributed by atoms with van der Waals surface area (Å²) in [5.41, 5.74) is 4.37. The van der Waals surface area contributed by atoms with Crippen molar-refractivity contribution in [2.24, 2.45) is 0 Å². The van der Waals surface area contributed by atoms with E-state index in [1.54, 1.807) is 12.4 Å². The van der Waals surface area contributed by atoms with Gasteiger partial charge in [-0.1, -0.05) is 25.1 Å². The lowest BCUT2D eigenvalue weighted by Crippen LogP contribution is -2.16. The van der Waals surface area contributed by atoms with Gasteiger partial charge in [-0.3, -0.25) is 9.97 Å². The third-order valence-electron chi connectivity index (χ3n) is 3.24. The Hall–Kier alpha value is -1.74. The van der Waals surface area contributed by atoms with Crippen molar-refractivity contribution in [2.75, 3.05) is 7.05 Å². The Bertz CT molecular complexity index is 548. The molecule has 0 fully saturated rings. The predicted octanol–water partition coefficient (Wildman–Crippen LogP) is 3.25. The van der Waals surface area contributed by atoms with Crippen molar-refractivity contribution in [3.63, 3.8) is 0 Å². The molecule has 3 heteroatoms. The number of nitrogens with zero attached hydrogens (tertiary/aromatic N) is 2. The van der Waals surface area contributed by atoms with E-state index in [0.29, 0.717) is 6.04 Å². The molecule has 1 heterocycles. The van der Waals surface area contributed by atoms with E-state index < -0.39 is 0 Å². The summed E-state index contributed by atoms with van der Waals surface area (Å²) in [7, 11) is 1.98. The van der Waals surface area contributed by atoms with Crippen LogP contribution in [0.1, 0.15) is 31.4 Å². The molecule has 3 nitrogen and oxygen atoms in total. The van der Waals surface area contributed by atoms with E-state index in [1.807, 2.05) is 13.1 Å². The molecule has 1 aromatic carbocycles. The molecule has 2 aromatic rings. The Morgan fingerprint density at radius 1 is 1.28 bits per heavy atom. The largest absolute Gasteiger partial charge is 0.313 e. The molecule has 0 saturated heterocycles. The van der Waals surface area contributed by atoms with Gasteiger partial charge >= 0.3 is 0 Å². The highest BCUT2D eigenvalue weighted by Crippen LogP contribution is 2.23. The van der Waals surface area contributed by atoms with Crippen LogP contribution in [0.3, 0.4) is 0 Å². The first-order valence-corrected chi connectivity index (χ1v) is 6.29. The molecule has 0 amide bonds. The molecule has 1 aromatic heterocycles. The zero-order chi connectivity index (χ0) is 13.0. The first-order valence-electron chi connectivity index (χ1n) is 6.29. The van der Waals surface area contributed by atoms with Crippen molar-refractivity contribution in [3.05, 3.63) is 48.3 Å². The normalized spacial score (nSPS) is 12.6. The second-order valence-electron chi connectivity index (χ2n) is 4.45. The molecular weight excluding hydrogens is 222 g/mol. The van der Waals surface area contributed by atoms with Crippen LogP contribution in [0.25, 0.3) is 11.0 Å². The van der Waals surface area contributed by atoms with E-state index >= 15 is 0 Å². The van der Waals surface area contributed by atoms with Crippen molar-refractivity contribution < 1.29 is 0 Å². The first kappa shape index (κ1) is 12.7. The van der Waals surface area contributed by atoms with Crippen LogP contribution in [0, 0.1) is 0 Å². The van der Waals surface area contributed by atoms with E-state index in [1.165, 1.54) is 11.1 Å². The van der Waals surface area contributed by atoms with Crippen LogP contribution in [0.4, 0.5) is 0 Å². The molecule has 1 atom stereocenters. The molecule has 0 saturated carbocycles. The fraction of sp³-hybridized carbons (Fsp3) is 0.333. The van der Waals surface area contributed by atoms with Crippen LogP contribution in [0.15, 0.2) is 42.7 Å². The van der Waals surface area contributed by atoms with Gasteiger partial charge in [0.25, 0.3) is 0 Å². The fourth-order valence-corrected chi connectivity index (χ4v) is 2.02. The fourth-order valence-electron chi connectivity index (χ4n) is 2.02. The smallest absolute Gasteiger partial charge is 0.0890 e. The molecule has 18 heavy (non-hydrogen) atoms. The number of benzene rings is 1. The maximum atomic E-state index is 4.35. The lowest BCUT2D eigenvalue weighted by atomic mass is 9.98. The highest BCUT2D eigenvalue weighted by molar-refractivity contribution is 5.74. The van der Waals surface area contributed by atoms with Gasteiger partial charge in [0.05, 0.1) is 11.0 Å². The number of fused-ring (bicyclic) bond motifs is 1. The number of aromatic nitrogens is 2. The first-order chi connectivity index (χ1) is 8.74. The maximum absolute atomic E-state index is 4.35. The Kier molecular flexibility index (Phi) is 4.05. The summed E-state index contributed by atoms with van der Waals surface area (Å²) in [6.07, 6.45) is 5.42. The summed E-state index contributed by atoms with van der Waals surface area (Å²) in [4.78, 5) is 8.63. The molecular formula is C15H19N3. The Morgan fingerprint density at radius 2 is 2.00 bits per heavy atom. The van der Waals surface area contributed by atoms with Crippen LogP contribution in [0.2, 0.25) is 0 Å². The van der Waals surface area contributed by atoms with Crippen LogP contribution >= 0.6 is 0 Å². The Morgan fingerprint density at radius 3 is 2.67 bits per heavy atom. The molecule has 0 aliphatic heterocycles. The number of hydrogen-bond acceptors (Lipinski definition) is 3. The molecule has 0 aliphatic rings. The van der Waals surface area contributed by atoms with Crippen LogP contribution < -0.4 is 5.32 Å². The second-order valence-corrected chi connectivity index (χ2v) is 4.45. The van der Waals surface area contributed by atoms with Gasteiger partial charge in [0.15, 0.2) is 0 Å². The average Bonchev–Trinajstić information content (AvgIpc) is 2.44. The Balaban J connectivity index is 2.30. The molecule has 0 spiro atoms. The molecule has 1 N–H and O–H groups in total. The van der Waals surface area contributed by atoms with Gasteiger partial charge in [0.1, 0.15) is 0 Å². The van der Waals surface area contributed by atoms with Crippen molar-refractivity contribution in [1.82, 2.24) is 15.3 Å². The van der Waals surface area contributed by atoms with E-state index in [4.69, 9.17) is 0 Å². The third-order valence-corrected chi connectivity index (χ3v) is 3.24. The molecule has 0 aliphatic carbocycles. The lowest BCUT2D eigenvalue weighted by Gasteiger charge is -2.17. The molecule has 1 unspecified atom stereocenters. The summed E-state index contributed by atoms with van der Waals surface area (Å²) < 4.78 is 0. The van der Waals surface area contributed by atoms with Gasteiger partial charge in [-0.2, -0.15) is 0 Å². The minimum atomic E-state index is 0.295. The van der Waals surface area contributed by atoms with Crippen molar-refractivity contribution in [3.8, 4) is 0 Å². The zero-order valence-electron chi connectivity index (χ0n) is 11.0. The lowest BCUT2D eigenvalue weighted by molar-refractivity contribution is 0.583. The number of hydrogen-bond donors (Lipinski definition) is 1. The van der Waals surface area contributed by atoms with Crippen molar-refractivity contribution in [1.29, 1.82) is 0 Å². The van der Waals surface area contributed by atoms with Gasteiger partial charge in [-0.05, 0) is 37.6 Å². The average molecular weight is 241 g/mol. The highest BCUT2D eigenvalue weighted by Gasteiger charge is 2.11. The predicted molar refractivity (Wildman–Crippen MR) is 75.4 cm³/mol. The minimum absolute atomic E-state index is 0.295. The van der Waals surface area contributed by atoms with Gasteiger partial charge < -0.3 is 5.32 Å². The van der Waals surface area contributed by atoms with E-state index in [-0.39, 0.29) is 0 Å². The Labute approximate surface area is 108 Å². The molecule has 2 rings (SSSR count). The van der Waals surface area contributed by atoms with Gasteiger partial charge in [0, 0.05) is 18.4 Å².